The number of ether oxygens (including phenoxy) is 3. The number of rotatable bonds is 3. The molecule has 2 bridgehead atoms. The van der Waals surface area contributed by atoms with Crippen molar-refractivity contribution in [2.24, 2.45) is 11.8 Å². The normalized spacial score (nSPS) is 35.1. The van der Waals surface area contributed by atoms with E-state index in [0.29, 0.717) is 0 Å². The van der Waals surface area contributed by atoms with Gasteiger partial charge in [-0.25, -0.2) is 0 Å². The first kappa shape index (κ1) is 15.4. The lowest BCUT2D eigenvalue weighted by molar-refractivity contribution is -0.159. The fraction of sp³-hybridized carbons (Fsp3) is 0.500. The third-order valence-electron chi connectivity index (χ3n) is 4.75. The van der Waals surface area contributed by atoms with E-state index in [1.165, 1.54) is 26.0 Å². The first-order valence-corrected chi connectivity index (χ1v) is 8.19. The second kappa shape index (κ2) is 4.99. The van der Waals surface area contributed by atoms with Gasteiger partial charge in [-0.05, 0) is 18.7 Å². The van der Waals surface area contributed by atoms with Gasteiger partial charge in [0, 0.05) is 5.56 Å². The number of methoxy groups -OCH3 is 2. The standard InChI is InChI=1S/C16H18O5S/c1-15-9-7-5-6-8-10(9)16(21-15,22-4)12(14(18)20-3)11(15)13(17)19-2/h5-8,11-12H,1-4H3/t11-,12-,15-,16-/m0/s1. The Morgan fingerprint density at radius 3 is 2.18 bits per heavy atom. The highest BCUT2D eigenvalue weighted by atomic mass is 32.2. The molecular weight excluding hydrogens is 304 g/mol. The van der Waals surface area contributed by atoms with E-state index in [-0.39, 0.29) is 0 Å². The van der Waals surface area contributed by atoms with Gasteiger partial charge in [0.1, 0.15) is 17.4 Å². The lowest BCUT2D eigenvalue weighted by Gasteiger charge is -2.35. The Labute approximate surface area is 133 Å². The summed E-state index contributed by atoms with van der Waals surface area (Å²) in [6.45, 7) is 1.84. The lowest BCUT2D eigenvalue weighted by atomic mass is 9.69. The summed E-state index contributed by atoms with van der Waals surface area (Å²) in [5, 5.41) is 0. The van der Waals surface area contributed by atoms with Crippen LogP contribution in [-0.4, -0.2) is 32.4 Å². The van der Waals surface area contributed by atoms with Crippen molar-refractivity contribution in [1.29, 1.82) is 0 Å². The number of thioether (sulfide) groups is 1. The van der Waals surface area contributed by atoms with Crippen LogP contribution in [0.25, 0.3) is 0 Å². The molecule has 0 aliphatic carbocycles. The lowest BCUT2D eigenvalue weighted by Crippen LogP contribution is -2.46. The Kier molecular flexibility index (Phi) is 3.49. The van der Waals surface area contributed by atoms with E-state index >= 15 is 0 Å². The van der Waals surface area contributed by atoms with Gasteiger partial charge in [0.25, 0.3) is 0 Å². The van der Waals surface area contributed by atoms with Gasteiger partial charge >= 0.3 is 11.9 Å². The molecule has 6 heteroatoms. The fourth-order valence-electron chi connectivity index (χ4n) is 3.83. The van der Waals surface area contributed by atoms with Crippen molar-refractivity contribution in [2.45, 2.75) is 17.5 Å². The summed E-state index contributed by atoms with van der Waals surface area (Å²) in [4.78, 5) is 23.9. The molecule has 0 unspecified atom stereocenters. The van der Waals surface area contributed by atoms with E-state index in [1.807, 2.05) is 37.4 Å². The molecule has 0 saturated carbocycles. The minimum absolute atomic E-state index is 0.455. The molecular formula is C16H18O5S. The quantitative estimate of drug-likeness (QED) is 0.794. The number of fused-ring (bicyclic) bond motifs is 5. The minimum atomic E-state index is -0.919. The second-order valence-electron chi connectivity index (χ2n) is 5.63. The largest absolute Gasteiger partial charge is 0.469 e. The summed E-state index contributed by atoms with van der Waals surface area (Å²) in [5.74, 6) is -2.38. The summed E-state index contributed by atoms with van der Waals surface area (Å²) >= 11 is 1.42. The summed E-state index contributed by atoms with van der Waals surface area (Å²) in [6.07, 6.45) is 1.87. The van der Waals surface area contributed by atoms with Gasteiger partial charge in [-0.3, -0.25) is 9.59 Å². The van der Waals surface area contributed by atoms with Gasteiger partial charge in [0.05, 0.1) is 14.2 Å². The van der Waals surface area contributed by atoms with Gasteiger partial charge in [0.15, 0.2) is 4.93 Å². The van der Waals surface area contributed by atoms with E-state index in [1.54, 1.807) is 0 Å². The highest BCUT2D eigenvalue weighted by Gasteiger charge is 2.73. The van der Waals surface area contributed by atoms with Gasteiger partial charge < -0.3 is 14.2 Å². The van der Waals surface area contributed by atoms with Gasteiger partial charge in [-0.2, -0.15) is 0 Å². The number of carbonyl (C=O) groups excluding carboxylic acids is 2. The van der Waals surface area contributed by atoms with Crippen LogP contribution in [0.3, 0.4) is 0 Å². The molecule has 4 atom stereocenters. The van der Waals surface area contributed by atoms with Crippen molar-refractivity contribution < 1.29 is 23.8 Å². The number of benzene rings is 1. The molecule has 3 rings (SSSR count). The van der Waals surface area contributed by atoms with Crippen LogP contribution in [0.4, 0.5) is 0 Å². The van der Waals surface area contributed by atoms with Crippen LogP contribution in [0.5, 0.6) is 0 Å². The maximum atomic E-state index is 12.4. The molecule has 5 nitrogen and oxygen atoms in total. The van der Waals surface area contributed by atoms with Crippen LogP contribution in [-0.2, 0) is 34.3 Å². The van der Waals surface area contributed by atoms with Crippen LogP contribution in [0, 0.1) is 11.8 Å². The third-order valence-corrected chi connectivity index (χ3v) is 5.91. The summed E-state index contributed by atoms with van der Waals surface area (Å²) in [7, 11) is 2.65. The van der Waals surface area contributed by atoms with Crippen LogP contribution < -0.4 is 0 Å². The van der Waals surface area contributed by atoms with E-state index < -0.39 is 34.3 Å². The zero-order valence-corrected chi connectivity index (χ0v) is 13.7. The topological polar surface area (TPSA) is 61.8 Å². The van der Waals surface area contributed by atoms with E-state index in [2.05, 4.69) is 0 Å². The second-order valence-corrected chi connectivity index (χ2v) is 6.64. The maximum Gasteiger partial charge on any atom is 0.313 e. The Morgan fingerprint density at radius 1 is 1.09 bits per heavy atom. The predicted molar refractivity (Wildman–Crippen MR) is 81.1 cm³/mol. The Bertz CT molecular complexity index is 645. The smallest absolute Gasteiger partial charge is 0.313 e. The molecule has 0 radical (unpaired) electrons. The van der Waals surface area contributed by atoms with Crippen molar-refractivity contribution in [2.75, 3.05) is 20.5 Å². The first-order valence-electron chi connectivity index (χ1n) is 6.97. The minimum Gasteiger partial charge on any atom is -0.469 e. The van der Waals surface area contributed by atoms with Crippen LogP contribution in [0.1, 0.15) is 18.1 Å². The molecule has 2 aliphatic rings. The third kappa shape index (κ3) is 1.65. The number of hydrogen-bond acceptors (Lipinski definition) is 6. The number of hydrogen-bond donors (Lipinski definition) is 0. The van der Waals surface area contributed by atoms with Crippen molar-refractivity contribution in [3.05, 3.63) is 35.4 Å². The van der Waals surface area contributed by atoms with Gasteiger partial charge in [0.2, 0.25) is 0 Å². The van der Waals surface area contributed by atoms with Crippen LogP contribution >= 0.6 is 11.8 Å². The fourth-order valence-corrected chi connectivity index (χ4v) is 4.97. The van der Waals surface area contributed by atoms with Crippen molar-refractivity contribution in [1.82, 2.24) is 0 Å². The Hall–Kier alpha value is -1.53. The molecule has 1 saturated heterocycles. The SMILES string of the molecule is COC(=O)[C@@H]1[C@@H](C(=O)OC)[C@]2(SC)O[C@@]1(C)c1ccccc12. The zero-order chi connectivity index (χ0) is 16.1. The predicted octanol–water partition coefficient (Wildman–Crippen LogP) is 2.04. The van der Waals surface area contributed by atoms with E-state index in [0.717, 1.165) is 11.1 Å². The molecule has 0 amide bonds. The van der Waals surface area contributed by atoms with Gasteiger partial charge in [-0.1, -0.05) is 24.3 Å². The maximum absolute atomic E-state index is 12.4. The molecule has 0 aromatic heterocycles. The summed E-state index contributed by atoms with van der Waals surface area (Å²) in [5.41, 5.74) is 0.964. The van der Waals surface area contributed by atoms with E-state index in [4.69, 9.17) is 14.2 Å². The summed E-state index contributed by atoms with van der Waals surface area (Å²) < 4.78 is 16.2. The molecule has 1 fully saturated rings. The Balaban J connectivity index is 2.27. The van der Waals surface area contributed by atoms with Crippen LogP contribution in [0.2, 0.25) is 0 Å². The highest BCUT2D eigenvalue weighted by molar-refractivity contribution is 7.99. The monoisotopic (exact) mass is 322 g/mol. The number of carbonyl (C=O) groups is 2. The molecule has 22 heavy (non-hydrogen) atoms. The molecule has 2 heterocycles. The average molecular weight is 322 g/mol. The molecule has 118 valence electrons. The molecule has 0 spiro atoms. The average Bonchev–Trinajstić information content (AvgIpc) is 2.98. The van der Waals surface area contributed by atoms with E-state index in [9.17, 15) is 9.59 Å². The summed E-state index contributed by atoms with van der Waals surface area (Å²) in [6, 6.07) is 7.70. The molecule has 1 aromatic rings. The molecule has 0 N–H and O–H groups in total. The van der Waals surface area contributed by atoms with Gasteiger partial charge in [-0.15, -0.1) is 11.8 Å². The van der Waals surface area contributed by atoms with Crippen molar-refractivity contribution in [3.8, 4) is 0 Å². The molecule has 2 aliphatic heterocycles. The number of esters is 2. The van der Waals surface area contributed by atoms with Crippen molar-refractivity contribution >= 4 is 23.7 Å². The van der Waals surface area contributed by atoms with Crippen LogP contribution in [0.15, 0.2) is 24.3 Å². The zero-order valence-electron chi connectivity index (χ0n) is 12.9. The van der Waals surface area contributed by atoms with Crippen molar-refractivity contribution in [3.63, 3.8) is 0 Å². The molecule has 1 aromatic carbocycles. The first-order chi connectivity index (χ1) is 10.5. The highest BCUT2D eigenvalue weighted by Crippen LogP contribution is 2.67. The Morgan fingerprint density at radius 2 is 1.64 bits per heavy atom.